The first-order valence-electron chi connectivity index (χ1n) is 7.03. The van der Waals surface area contributed by atoms with E-state index in [9.17, 15) is 10.2 Å². The maximum Gasteiger partial charge on any atom is 4.00 e. The summed E-state index contributed by atoms with van der Waals surface area (Å²) in [7, 11) is 0. The van der Waals surface area contributed by atoms with Gasteiger partial charge in [-0.15, -0.1) is 17.3 Å². The molecule has 5 nitrogen and oxygen atoms in total. The molecule has 0 fully saturated rings. The Kier molecular flexibility index (Phi) is 13.7. The molecule has 0 aliphatic rings. The predicted molar refractivity (Wildman–Crippen MR) is 84.7 cm³/mol. The Morgan fingerprint density at radius 1 is 0.880 bits per heavy atom. The molecule has 1 heterocycles. The van der Waals surface area contributed by atoms with Crippen LogP contribution in [-0.2, 0) is 36.7 Å². The Morgan fingerprint density at radius 2 is 1.32 bits per heavy atom. The molecule has 0 atom stereocenters. The van der Waals surface area contributed by atoms with Crippen LogP contribution in [0.2, 0.25) is 0 Å². The molecule has 0 amide bonds. The van der Waals surface area contributed by atoms with Crippen molar-refractivity contribution in [2.45, 2.75) is 52.4 Å². The van der Waals surface area contributed by atoms with Crippen molar-refractivity contribution in [1.82, 2.24) is 15.4 Å². The van der Waals surface area contributed by atoms with Crippen LogP contribution in [0.5, 0.6) is 11.5 Å². The first kappa shape index (κ1) is 29.1. The Bertz CT molecular complexity index is 554. The molecule has 0 unspecified atom stereocenters. The molecule has 0 spiro atoms. The largest absolute Gasteiger partial charge is 4.00 e. The summed E-state index contributed by atoms with van der Waals surface area (Å²) < 4.78 is 0. The maximum absolute atomic E-state index is 9.80. The van der Waals surface area contributed by atoms with Crippen LogP contribution in [0.4, 0.5) is 0 Å². The smallest absolute Gasteiger partial charge is 1.00 e. The Balaban J connectivity index is -0.000000461. The maximum atomic E-state index is 9.80. The number of phenols is 2. The third-order valence-electron chi connectivity index (χ3n) is 3.02. The van der Waals surface area contributed by atoms with Crippen LogP contribution in [0.15, 0.2) is 18.3 Å². The number of hydrogen-bond donors (Lipinski definition) is 2. The zero-order valence-electron chi connectivity index (χ0n) is 15.2. The number of halogens is 2. The zero-order chi connectivity index (χ0) is 17.0. The van der Waals surface area contributed by atoms with Gasteiger partial charge < -0.3 is 35.0 Å². The van der Waals surface area contributed by atoms with E-state index < -0.39 is 0 Å². The van der Waals surface area contributed by atoms with Crippen molar-refractivity contribution < 1.29 is 60.9 Å². The van der Waals surface area contributed by atoms with Gasteiger partial charge in [-0.2, -0.15) is 12.1 Å². The fourth-order valence-corrected chi connectivity index (χ4v) is 1.85. The van der Waals surface area contributed by atoms with Crippen LogP contribution < -0.4 is 24.8 Å². The van der Waals surface area contributed by atoms with Crippen molar-refractivity contribution in [2.24, 2.45) is 0 Å². The molecule has 1 aromatic carbocycles. The minimum atomic E-state index is -0.158. The van der Waals surface area contributed by atoms with Gasteiger partial charge >= 0.3 is 25.8 Å². The number of hydrogen-bond acceptors (Lipinski definition) is 5. The van der Waals surface area contributed by atoms with Gasteiger partial charge in [0.25, 0.3) is 0 Å². The number of aromatic nitrogens is 3. The quantitative estimate of drug-likeness (QED) is 0.273. The Hall–Kier alpha value is -0.720. The summed E-state index contributed by atoms with van der Waals surface area (Å²) in [5.74, 6) is 0.0796. The number of nitrogens with zero attached hydrogens (tertiary/aromatic N) is 3. The van der Waals surface area contributed by atoms with Gasteiger partial charge in [-0.1, -0.05) is 69.8 Å². The minimum Gasteiger partial charge on any atom is -1.00 e. The molecule has 0 aliphatic heterocycles. The second-order valence-electron chi connectivity index (χ2n) is 7.04. The molecule has 1 aromatic heterocycles. The van der Waals surface area contributed by atoms with Crippen LogP contribution in [-0.4, -0.2) is 25.6 Å². The van der Waals surface area contributed by atoms with Crippen LogP contribution in [0, 0.1) is 12.3 Å². The first-order valence-corrected chi connectivity index (χ1v) is 7.03. The predicted octanol–water partition coefficient (Wildman–Crippen LogP) is -2.83. The van der Waals surface area contributed by atoms with Gasteiger partial charge in [-0.25, -0.2) is 10.2 Å². The summed E-state index contributed by atoms with van der Waals surface area (Å²) in [6.07, 6.45) is 3.99. The number of aromatic hydroxyl groups is 2. The fourth-order valence-electron chi connectivity index (χ4n) is 1.85. The second kappa shape index (κ2) is 11.8. The van der Waals surface area contributed by atoms with Crippen molar-refractivity contribution in [1.29, 1.82) is 0 Å². The van der Waals surface area contributed by atoms with Gasteiger partial charge in [-0.3, -0.25) is 0 Å². The van der Waals surface area contributed by atoms with Gasteiger partial charge in [0.15, 0.2) is 0 Å². The minimum absolute atomic E-state index is 0. The summed E-state index contributed by atoms with van der Waals surface area (Å²) in [6.45, 7) is 12.2. The molecule has 136 valence electrons. The number of phenolic OH excluding ortho intramolecular Hbond substituents is 2. The van der Waals surface area contributed by atoms with Crippen molar-refractivity contribution in [3.63, 3.8) is 0 Å². The van der Waals surface area contributed by atoms with E-state index in [4.69, 9.17) is 0 Å². The van der Waals surface area contributed by atoms with Crippen molar-refractivity contribution in [3.05, 3.63) is 41.7 Å². The molecule has 0 radical (unpaired) electrons. The summed E-state index contributed by atoms with van der Waals surface area (Å²) >= 11 is 0. The van der Waals surface area contributed by atoms with Gasteiger partial charge in [-0.05, 0) is 0 Å². The fraction of sp³-hybridized carbons (Fsp3) is 0.471. The van der Waals surface area contributed by atoms with E-state index in [2.05, 4.69) is 27.7 Å². The molecular weight excluding hydrogens is 528 g/mol. The van der Waals surface area contributed by atoms with Gasteiger partial charge in [0.2, 0.25) is 0 Å². The van der Waals surface area contributed by atoms with E-state index in [1.807, 2.05) is 47.6 Å². The standard InChI is InChI=1S/C14H21O2.C3H2N3.2ClH.Hf/c1-13(2,3)9-7-10(14(4,5)6)12(16)8-11(9)15;1-2-4-6-5-3-1;;;/h7,15-16H,1-6H3;1-2H;2*1H;/q2*-1;;;+4/p-2. The van der Waals surface area contributed by atoms with Gasteiger partial charge in [0.1, 0.15) is 0 Å². The van der Waals surface area contributed by atoms with Crippen molar-refractivity contribution >= 4 is 0 Å². The summed E-state index contributed by atoms with van der Waals surface area (Å²) in [6, 6.07) is 6.10. The van der Waals surface area contributed by atoms with Gasteiger partial charge in [0.05, 0.1) is 0 Å². The van der Waals surface area contributed by atoms with E-state index in [1.165, 1.54) is 6.20 Å². The van der Waals surface area contributed by atoms with Crippen molar-refractivity contribution in [3.8, 4) is 11.5 Å². The van der Waals surface area contributed by atoms with Crippen LogP contribution in [0.3, 0.4) is 0 Å². The topological polar surface area (TPSA) is 79.1 Å². The van der Waals surface area contributed by atoms with Crippen LogP contribution in [0.1, 0.15) is 52.7 Å². The molecule has 0 bridgehead atoms. The van der Waals surface area contributed by atoms with E-state index in [-0.39, 0.29) is 73.0 Å². The monoisotopic (exact) mass is 551 g/mol. The summed E-state index contributed by atoms with van der Waals surface area (Å²) in [4.78, 5) is 0. The van der Waals surface area contributed by atoms with E-state index >= 15 is 0 Å². The zero-order valence-corrected chi connectivity index (χ0v) is 20.3. The van der Waals surface area contributed by atoms with Crippen LogP contribution >= 0.6 is 0 Å². The molecule has 2 aromatic rings. The molecular formula is C17H23Cl2HfN3O2. The van der Waals surface area contributed by atoms with Gasteiger partial charge in [0, 0.05) is 11.5 Å². The third-order valence-corrected chi connectivity index (χ3v) is 3.02. The summed E-state index contributed by atoms with van der Waals surface area (Å²) in [5.41, 5.74) is 1.31. The molecule has 8 heteroatoms. The first-order chi connectivity index (χ1) is 10.0. The third kappa shape index (κ3) is 9.52. The molecule has 0 aliphatic carbocycles. The molecule has 25 heavy (non-hydrogen) atoms. The molecule has 2 rings (SSSR count). The van der Waals surface area contributed by atoms with E-state index in [0.29, 0.717) is 0 Å². The Morgan fingerprint density at radius 3 is 1.52 bits per heavy atom. The second-order valence-corrected chi connectivity index (χ2v) is 7.04. The molecule has 0 saturated heterocycles. The van der Waals surface area contributed by atoms with Crippen LogP contribution in [0.25, 0.3) is 0 Å². The molecule has 0 saturated carbocycles. The number of benzene rings is 1. The SMILES string of the molecule is CC(C)(C)c1cc(C(C)(C)C)c(O)[c-]c1O.[Cl-].[Cl-].[Hf+4].[c-]1ccnnn1. The van der Waals surface area contributed by atoms with E-state index in [0.717, 1.165) is 11.1 Å². The van der Waals surface area contributed by atoms with E-state index in [1.54, 1.807) is 6.07 Å². The number of rotatable bonds is 0. The Labute approximate surface area is 181 Å². The average molecular weight is 551 g/mol. The summed E-state index contributed by atoms with van der Waals surface area (Å²) in [5, 5.41) is 29.5. The average Bonchev–Trinajstić information content (AvgIpc) is 2.38. The molecule has 2 N–H and O–H groups in total. The van der Waals surface area contributed by atoms with Crippen molar-refractivity contribution in [2.75, 3.05) is 0 Å². The normalized spacial score (nSPS) is 10.2.